The fourth-order valence-electron chi connectivity index (χ4n) is 2.36. The Kier molecular flexibility index (Phi) is 3.96. The van der Waals surface area contributed by atoms with E-state index in [0.29, 0.717) is 22.6 Å². The van der Waals surface area contributed by atoms with Gasteiger partial charge in [-0.25, -0.2) is 4.39 Å². The summed E-state index contributed by atoms with van der Waals surface area (Å²) in [6.07, 6.45) is 0. The van der Waals surface area contributed by atoms with Crippen LogP contribution in [0, 0.1) is 12.7 Å². The van der Waals surface area contributed by atoms with Gasteiger partial charge in [0.2, 0.25) is 0 Å². The molecule has 3 rings (SSSR count). The van der Waals surface area contributed by atoms with Gasteiger partial charge < -0.3 is 9.63 Å². The fourth-order valence-corrected chi connectivity index (χ4v) is 2.62. The first-order valence-electron chi connectivity index (χ1n) is 6.72. The number of hydrogen-bond donors (Lipinski definition) is 1. The zero-order chi connectivity index (χ0) is 15.7. The van der Waals surface area contributed by atoms with Gasteiger partial charge in [-0.3, -0.25) is 0 Å². The number of aliphatic hydroxyl groups is 1. The molecule has 3 nitrogen and oxygen atoms in total. The van der Waals surface area contributed by atoms with Gasteiger partial charge in [0, 0.05) is 11.1 Å². The average Bonchev–Trinajstić information content (AvgIpc) is 2.91. The van der Waals surface area contributed by atoms with Gasteiger partial charge in [0.1, 0.15) is 11.5 Å². The minimum atomic E-state index is -0.429. The molecular formula is C17H13ClFNO2. The number of nitrogens with zero attached hydrogens (tertiary/aromatic N) is 1. The van der Waals surface area contributed by atoms with Gasteiger partial charge >= 0.3 is 0 Å². The van der Waals surface area contributed by atoms with Crippen LogP contribution in [0.4, 0.5) is 4.39 Å². The Morgan fingerprint density at radius 3 is 2.73 bits per heavy atom. The maximum atomic E-state index is 13.2. The van der Waals surface area contributed by atoms with Crippen LogP contribution in [0.15, 0.2) is 47.0 Å². The molecule has 1 heterocycles. The molecule has 0 fully saturated rings. The van der Waals surface area contributed by atoms with Crippen molar-refractivity contribution in [2.75, 3.05) is 0 Å². The van der Waals surface area contributed by atoms with Crippen molar-refractivity contribution >= 4 is 11.6 Å². The Morgan fingerprint density at radius 1 is 1.23 bits per heavy atom. The number of aliphatic hydroxyl groups excluding tert-OH is 1. The number of halogens is 2. The Labute approximate surface area is 132 Å². The lowest BCUT2D eigenvalue weighted by Crippen LogP contribution is -1.90. The molecule has 0 aliphatic rings. The minimum Gasteiger partial charge on any atom is -0.391 e. The van der Waals surface area contributed by atoms with Crippen LogP contribution in [-0.2, 0) is 6.61 Å². The Balaban J connectivity index is 2.15. The summed E-state index contributed by atoms with van der Waals surface area (Å²) in [5.74, 6) is 0.0586. The smallest absolute Gasteiger partial charge is 0.173 e. The summed E-state index contributed by atoms with van der Waals surface area (Å²) in [5.41, 5.74) is 3.36. The van der Waals surface area contributed by atoms with Gasteiger partial charge in [-0.05, 0) is 31.2 Å². The monoisotopic (exact) mass is 317 g/mol. The number of benzene rings is 2. The van der Waals surface area contributed by atoms with E-state index in [4.69, 9.17) is 16.1 Å². The molecule has 0 aliphatic carbocycles. The molecule has 0 unspecified atom stereocenters. The van der Waals surface area contributed by atoms with Crippen molar-refractivity contribution in [2.24, 2.45) is 0 Å². The van der Waals surface area contributed by atoms with E-state index in [-0.39, 0.29) is 11.6 Å². The predicted octanol–water partition coefficient (Wildman–Crippen LogP) is 4.60. The molecule has 0 spiro atoms. The first-order chi connectivity index (χ1) is 10.6. The molecule has 1 aromatic heterocycles. The van der Waals surface area contributed by atoms with E-state index < -0.39 is 5.82 Å². The highest BCUT2D eigenvalue weighted by atomic mass is 35.5. The van der Waals surface area contributed by atoms with Crippen LogP contribution in [0.5, 0.6) is 0 Å². The van der Waals surface area contributed by atoms with Crippen molar-refractivity contribution in [3.63, 3.8) is 0 Å². The predicted molar refractivity (Wildman–Crippen MR) is 83.0 cm³/mol. The van der Waals surface area contributed by atoms with E-state index in [2.05, 4.69) is 5.16 Å². The van der Waals surface area contributed by atoms with Crippen LogP contribution in [-0.4, -0.2) is 10.3 Å². The van der Waals surface area contributed by atoms with E-state index in [1.54, 1.807) is 0 Å². The first-order valence-corrected chi connectivity index (χ1v) is 7.10. The third-order valence-electron chi connectivity index (χ3n) is 3.41. The molecule has 0 aliphatic heterocycles. The van der Waals surface area contributed by atoms with Crippen molar-refractivity contribution in [1.82, 2.24) is 5.16 Å². The number of aryl methyl sites for hydroxylation is 1. The second-order valence-corrected chi connectivity index (χ2v) is 5.40. The van der Waals surface area contributed by atoms with Crippen LogP contribution in [0.25, 0.3) is 22.6 Å². The molecule has 0 saturated heterocycles. The SMILES string of the molecule is Cc1cccc(-c2onc(-c3ccc(F)cc3Cl)c2CO)c1. The summed E-state index contributed by atoms with van der Waals surface area (Å²) in [5, 5.41) is 13.9. The Morgan fingerprint density at radius 2 is 2.05 bits per heavy atom. The summed E-state index contributed by atoms with van der Waals surface area (Å²) in [7, 11) is 0. The largest absolute Gasteiger partial charge is 0.391 e. The van der Waals surface area contributed by atoms with Crippen molar-refractivity contribution in [1.29, 1.82) is 0 Å². The molecular weight excluding hydrogens is 305 g/mol. The molecule has 2 aromatic carbocycles. The highest BCUT2D eigenvalue weighted by Gasteiger charge is 2.20. The molecule has 0 atom stereocenters. The molecule has 112 valence electrons. The van der Waals surface area contributed by atoms with E-state index in [1.165, 1.54) is 18.2 Å². The van der Waals surface area contributed by atoms with Gasteiger partial charge in [-0.2, -0.15) is 0 Å². The summed E-state index contributed by atoms with van der Waals surface area (Å²) in [4.78, 5) is 0. The second-order valence-electron chi connectivity index (χ2n) is 4.99. The summed E-state index contributed by atoms with van der Waals surface area (Å²) in [6, 6.07) is 11.7. The quantitative estimate of drug-likeness (QED) is 0.767. The minimum absolute atomic E-state index is 0.221. The van der Waals surface area contributed by atoms with Gasteiger partial charge in [-0.1, -0.05) is 40.5 Å². The van der Waals surface area contributed by atoms with E-state index in [9.17, 15) is 9.50 Å². The summed E-state index contributed by atoms with van der Waals surface area (Å²) < 4.78 is 18.6. The van der Waals surface area contributed by atoms with Crippen LogP contribution in [0.2, 0.25) is 5.02 Å². The van der Waals surface area contributed by atoms with Gasteiger partial charge in [0.25, 0.3) is 0 Å². The van der Waals surface area contributed by atoms with E-state index in [1.807, 2.05) is 31.2 Å². The molecule has 0 amide bonds. The fraction of sp³-hybridized carbons (Fsp3) is 0.118. The van der Waals surface area contributed by atoms with Crippen LogP contribution in [0.1, 0.15) is 11.1 Å². The Bertz CT molecular complexity index is 829. The van der Waals surface area contributed by atoms with Crippen molar-refractivity contribution in [3.8, 4) is 22.6 Å². The molecule has 0 radical (unpaired) electrons. The van der Waals surface area contributed by atoms with Crippen LogP contribution >= 0.6 is 11.6 Å². The molecule has 3 aromatic rings. The van der Waals surface area contributed by atoms with Gasteiger partial charge in [0.05, 0.1) is 17.2 Å². The highest BCUT2D eigenvalue weighted by Crippen LogP contribution is 2.35. The van der Waals surface area contributed by atoms with Crippen molar-refractivity contribution in [2.45, 2.75) is 13.5 Å². The highest BCUT2D eigenvalue weighted by molar-refractivity contribution is 6.33. The van der Waals surface area contributed by atoms with E-state index >= 15 is 0 Å². The lowest BCUT2D eigenvalue weighted by Gasteiger charge is -2.04. The molecule has 5 heteroatoms. The zero-order valence-electron chi connectivity index (χ0n) is 11.8. The topological polar surface area (TPSA) is 46.3 Å². The lowest BCUT2D eigenvalue weighted by molar-refractivity contribution is 0.281. The standard InChI is InChI=1S/C17H13ClFNO2/c1-10-3-2-4-11(7-10)17-14(9-21)16(20-22-17)13-6-5-12(19)8-15(13)18/h2-8,21H,9H2,1H3. The third kappa shape index (κ3) is 2.63. The molecule has 0 bridgehead atoms. The number of aromatic nitrogens is 1. The van der Waals surface area contributed by atoms with Gasteiger partial charge in [-0.15, -0.1) is 0 Å². The van der Waals surface area contributed by atoms with Gasteiger partial charge in [0.15, 0.2) is 5.76 Å². The summed E-state index contributed by atoms with van der Waals surface area (Å²) >= 11 is 6.07. The van der Waals surface area contributed by atoms with Crippen LogP contribution < -0.4 is 0 Å². The Hall–Kier alpha value is -2.17. The molecule has 0 saturated carbocycles. The van der Waals surface area contributed by atoms with E-state index in [0.717, 1.165) is 11.1 Å². The summed E-state index contributed by atoms with van der Waals surface area (Å²) in [6.45, 7) is 1.71. The maximum Gasteiger partial charge on any atom is 0.173 e. The zero-order valence-corrected chi connectivity index (χ0v) is 12.6. The van der Waals surface area contributed by atoms with Crippen LogP contribution in [0.3, 0.4) is 0 Å². The van der Waals surface area contributed by atoms with Crippen molar-refractivity contribution in [3.05, 3.63) is 64.4 Å². The molecule has 22 heavy (non-hydrogen) atoms. The third-order valence-corrected chi connectivity index (χ3v) is 3.73. The second kappa shape index (κ2) is 5.91. The number of rotatable bonds is 3. The lowest BCUT2D eigenvalue weighted by atomic mass is 10.0. The average molecular weight is 318 g/mol. The first kappa shape index (κ1) is 14.8. The normalized spacial score (nSPS) is 10.9. The maximum absolute atomic E-state index is 13.2. The molecule has 1 N–H and O–H groups in total. The number of hydrogen-bond acceptors (Lipinski definition) is 3. The van der Waals surface area contributed by atoms with Crippen molar-refractivity contribution < 1.29 is 14.0 Å².